The van der Waals surface area contributed by atoms with E-state index in [9.17, 15) is 4.79 Å². The van der Waals surface area contributed by atoms with Crippen LogP contribution in [-0.4, -0.2) is 81.7 Å². The number of piperazine rings is 1. The van der Waals surface area contributed by atoms with Gasteiger partial charge in [-0.1, -0.05) is 28.1 Å². The van der Waals surface area contributed by atoms with E-state index in [1.165, 1.54) is 5.56 Å². The molecule has 1 fully saturated rings. The van der Waals surface area contributed by atoms with Crippen molar-refractivity contribution in [3.05, 3.63) is 34.3 Å². The lowest BCUT2D eigenvalue weighted by Crippen LogP contribution is -2.54. The van der Waals surface area contributed by atoms with Crippen molar-refractivity contribution in [3.63, 3.8) is 0 Å². The number of hydrogen-bond donors (Lipinski definition) is 2. The Morgan fingerprint density at radius 3 is 2.48 bits per heavy atom. The van der Waals surface area contributed by atoms with Crippen molar-refractivity contribution in [1.29, 1.82) is 0 Å². The number of guanidine groups is 1. The van der Waals surface area contributed by atoms with Crippen molar-refractivity contribution in [1.82, 2.24) is 20.4 Å². The van der Waals surface area contributed by atoms with E-state index in [4.69, 9.17) is 4.74 Å². The number of amides is 1. The number of nitrogens with one attached hydrogen (secondary N) is 2. The van der Waals surface area contributed by atoms with Gasteiger partial charge in [-0.3, -0.25) is 14.7 Å². The molecule has 0 spiro atoms. The van der Waals surface area contributed by atoms with Gasteiger partial charge in [-0.2, -0.15) is 0 Å². The highest BCUT2D eigenvalue weighted by Gasteiger charge is 2.23. The van der Waals surface area contributed by atoms with Gasteiger partial charge in [0.05, 0.1) is 13.2 Å². The molecule has 8 heteroatoms. The largest absolute Gasteiger partial charge is 0.383 e. The lowest BCUT2D eigenvalue weighted by molar-refractivity contribution is -0.120. The fraction of sp³-hybridized carbons (Fsp3) is 0.579. The molecule has 1 aliphatic heterocycles. The molecule has 1 aliphatic rings. The molecule has 1 atom stereocenters. The summed E-state index contributed by atoms with van der Waals surface area (Å²) in [6.07, 6.45) is 0. The normalized spacial score (nSPS) is 16.9. The first-order chi connectivity index (χ1) is 13.0. The number of ether oxygens (including phenoxy) is 1. The zero-order valence-electron chi connectivity index (χ0n) is 16.4. The van der Waals surface area contributed by atoms with Crippen LogP contribution < -0.4 is 10.6 Å². The highest BCUT2D eigenvalue weighted by molar-refractivity contribution is 9.10. The van der Waals surface area contributed by atoms with E-state index in [-0.39, 0.29) is 12.5 Å². The fourth-order valence-corrected chi connectivity index (χ4v) is 3.38. The molecule has 0 bridgehead atoms. The molecule has 1 heterocycles. The summed E-state index contributed by atoms with van der Waals surface area (Å²) in [5.41, 5.74) is 1.32. The standard InChI is InChI=1S/C19H30BrN5O2/c1-15(16-4-6-17(20)7-5-16)24-9-11-25(12-10-24)19(21-2)23-14-18(26)22-8-13-27-3/h4-7,15H,8-14H2,1-3H3,(H,21,23)(H,22,26). The molecule has 0 radical (unpaired) electrons. The second kappa shape index (κ2) is 11.3. The van der Waals surface area contributed by atoms with E-state index in [1.54, 1.807) is 14.2 Å². The van der Waals surface area contributed by atoms with Gasteiger partial charge in [0.15, 0.2) is 5.96 Å². The maximum Gasteiger partial charge on any atom is 0.239 e. The van der Waals surface area contributed by atoms with Gasteiger partial charge < -0.3 is 20.3 Å². The molecule has 0 aliphatic carbocycles. The number of hydrogen-bond acceptors (Lipinski definition) is 4. The molecule has 1 aromatic rings. The topological polar surface area (TPSA) is 69.2 Å². The van der Waals surface area contributed by atoms with Crippen LogP contribution in [0.4, 0.5) is 0 Å². The minimum absolute atomic E-state index is 0.0595. The molecular weight excluding hydrogens is 410 g/mol. The molecule has 150 valence electrons. The molecule has 2 N–H and O–H groups in total. The number of carbonyl (C=O) groups excluding carboxylic acids is 1. The minimum Gasteiger partial charge on any atom is -0.383 e. The minimum atomic E-state index is -0.0595. The molecule has 27 heavy (non-hydrogen) atoms. The molecule has 7 nitrogen and oxygen atoms in total. The van der Waals surface area contributed by atoms with E-state index in [0.717, 1.165) is 36.6 Å². The summed E-state index contributed by atoms with van der Waals surface area (Å²) < 4.78 is 6.03. The summed E-state index contributed by atoms with van der Waals surface area (Å²) in [6, 6.07) is 8.90. The van der Waals surface area contributed by atoms with Crippen LogP contribution in [0.2, 0.25) is 0 Å². The van der Waals surface area contributed by atoms with E-state index in [2.05, 4.69) is 72.5 Å². The van der Waals surface area contributed by atoms with Gasteiger partial charge in [-0.25, -0.2) is 0 Å². The summed E-state index contributed by atoms with van der Waals surface area (Å²) in [6.45, 7) is 7.16. The lowest BCUT2D eigenvalue weighted by atomic mass is 10.1. The highest BCUT2D eigenvalue weighted by atomic mass is 79.9. The summed E-state index contributed by atoms with van der Waals surface area (Å²) in [5, 5.41) is 5.95. The molecular formula is C19H30BrN5O2. The SMILES string of the molecule is CN=C(NCC(=O)NCCOC)N1CCN(C(C)c2ccc(Br)cc2)CC1. The zero-order valence-corrected chi connectivity index (χ0v) is 18.0. The first-order valence-corrected chi connectivity index (χ1v) is 10.0. The number of rotatable bonds is 7. The lowest BCUT2D eigenvalue weighted by Gasteiger charge is -2.39. The van der Waals surface area contributed by atoms with E-state index in [1.807, 2.05) is 0 Å². The fourth-order valence-electron chi connectivity index (χ4n) is 3.12. The molecule has 1 aromatic carbocycles. The predicted octanol–water partition coefficient (Wildman–Crippen LogP) is 1.47. The Labute approximate surface area is 170 Å². The Hall–Kier alpha value is -1.64. The monoisotopic (exact) mass is 439 g/mol. The summed E-state index contributed by atoms with van der Waals surface area (Å²) in [7, 11) is 3.37. The number of aliphatic imine (C=N–C) groups is 1. The van der Waals surface area contributed by atoms with Crippen LogP contribution in [-0.2, 0) is 9.53 Å². The number of methoxy groups -OCH3 is 1. The van der Waals surface area contributed by atoms with Gasteiger partial charge in [0.25, 0.3) is 0 Å². The van der Waals surface area contributed by atoms with E-state index >= 15 is 0 Å². The average Bonchev–Trinajstić information content (AvgIpc) is 2.69. The maximum atomic E-state index is 11.8. The molecule has 0 saturated carbocycles. The number of halogens is 1. The smallest absolute Gasteiger partial charge is 0.239 e. The summed E-state index contributed by atoms with van der Waals surface area (Å²) >= 11 is 3.49. The van der Waals surface area contributed by atoms with Crippen molar-refractivity contribution in [2.75, 3.05) is 60.0 Å². The number of benzene rings is 1. The van der Waals surface area contributed by atoms with Crippen molar-refractivity contribution < 1.29 is 9.53 Å². The van der Waals surface area contributed by atoms with Crippen LogP contribution in [0.25, 0.3) is 0 Å². The highest BCUT2D eigenvalue weighted by Crippen LogP contribution is 2.23. The van der Waals surface area contributed by atoms with Gasteiger partial charge in [-0.15, -0.1) is 0 Å². The Morgan fingerprint density at radius 1 is 1.22 bits per heavy atom. The molecule has 1 amide bonds. The second-order valence-corrected chi connectivity index (χ2v) is 7.41. The van der Waals surface area contributed by atoms with Crippen LogP contribution in [0, 0.1) is 0 Å². The second-order valence-electron chi connectivity index (χ2n) is 6.49. The molecule has 2 rings (SSSR count). The quantitative estimate of drug-likeness (QED) is 0.382. The summed E-state index contributed by atoms with van der Waals surface area (Å²) in [5.74, 6) is 0.712. The maximum absolute atomic E-state index is 11.8. The third-order valence-electron chi connectivity index (χ3n) is 4.76. The van der Waals surface area contributed by atoms with Gasteiger partial charge in [-0.05, 0) is 24.6 Å². The van der Waals surface area contributed by atoms with Crippen molar-refractivity contribution in [2.24, 2.45) is 4.99 Å². The Balaban J connectivity index is 1.79. The van der Waals surface area contributed by atoms with Gasteiger partial charge in [0.1, 0.15) is 0 Å². The van der Waals surface area contributed by atoms with Crippen LogP contribution in [0.15, 0.2) is 33.7 Å². The predicted molar refractivity (Wildman–Crippen MR) is 112 cm³/mol. The zero-order chi connectivity index (χ0) is 19.6. The number of nitrogens with zero attached hydrogens (tertiary/aromatic N) is 3. The Morgan fingerprint density at radius 2 is 1.89 bits per heavy atom. The molecule has 1 saturated heterocycles. The van der Waals surface area contributed by atoms with Crippen LogP contribution in [0.5, 0.6) is 0 Å². The van der Waals surface area contributed by atoms with Gasteiger partial charge in [0, 0.05) is 57.4 Å². The third kappa shape index (κ3) is 6.79. The van der Waals surface area contributed by atoms with Crippen LogP contribution in [0.1, 0.15) is 18.5 Å². The molecule has 0 aromatic heterocycles. The van der Waals surface area contributed by atoms with Gasteiger partial charge in [0.2, 0.25) is 5.91 Å². The van der Waals surface area contributed by atoms with Crippen LogP contribution in [0.3, 0.4) is 0 Å². The van der Waals surface area contributed by atoms with Crippen molar-refractivity contribution in [3.8, 4) is 0 Å². The first-order valence-electron chi connectivity index (χ1n) is 9.26. The third-order valence-corrected chi connectivity index (χ3v) is 5.29. The Kier molecular flexibility index (Phi) is 9.03. The summed E-state index contributed by atoms with van der Waals surface area (Å²) in [4.78, 5) is 20.8. The first kappa shape index (κ1) is 21.7. The van der Waals surface area contributed by atoms with E-state index < -0.39 is 0 Å². The van der Waals surface area contributed by atoms with E-state index in [0.29, 0.717) is 19.2 Å². The average molecular weight is 440 g/mol. The van der Waals surface area contributed by atoms with Gasteiger partial charge >= 0.3 is 0 Å². The van der Waals surface area contributed by atoms with Crippen molar-refractivity contribution >= 4 is 27.8 Å². The van der Waals surface area contributed by atoms with Crippen molar-refractivity contribution in [2.45, 2.75) is 13.0 Å². The molecule has 1 unspecified atom stereocenters. The van der Waals surface area contributed by atoms with Crippen LogP contribution >= 0.6 is 15.9 Å². The number of carbonyl (C=O) groups is 1. The Bertz CT molecular complexity index is 615.